The Morgan fingerprint density at radius 1 is 1.47 bits per heavy atom. The van der Waals surface area contributed by atoms with Gasteiger partial charge in [-0.15, -0.1) is 0 Å². The Bertz CT molecular complexity index is 284. The Morgan fingerprint density at radius 3 is 2.76 bits per heavy atom. The molecule has 0 aliphatic carbocycles. The molecule has 0 radical (unpaired) electrons. The molecule has 1 saturated heterocycles. The van der Waals surface area contributed by atoms with Crippen LogP contribution in [0.5, 0.6) is 0 Å². The van der Waals surface area contributed by atoms with E-state index in [1.165, 1.54) is 4.90 Å². The standard InChI is InChI=1S/C10H18N2O5/c13-7-2-1-5-12(6-7)10(17)11-4-3-8(14)9(15)16/h7-8,13-14H,1-6H2,(H,11,17)(H,15,16)/t7?,8-/m0/s1. The molecule has 7 nitrogen and oxygen atoms in total. The van der Waals surface area contributed by atoms with Gasteiger partial charge < -0.3 is 25.5 Å². The molecule has 1 aliphatic heterocycles. The van der Waals surface area contributed by atoms with Gasteiger partial charge in [0.25, 0.3) is 0 Å². The van der Waals surface area contributed by atoms with E-state index in [4.69, 9.17) is 10.2 Å². The molecular formula is C10H18N2O5. The van der Waals surface area contributed by atoms with Crippen LogP contribution in [0, 0.1) is 0 Å². The SMILES string of the molecule is O=C(O)[C@@H](O)CCNC(=O)N1CCCC(O)C1. The third-order valence-corrected chi connectivity index (χ3v) is 2.66. The molecule has 0 bridgehead atoms. The molecule has 7 heteroatoms. The van der Waals surface area contributed by atoms with Crippen LogP contribution in [0.4, 0.5) is 4.79 Å². The number of piperidine rings is 1. The van der Waals surface area contributed by atoms with Crippen molar-refractivity contribution in [1.29, 1.82) is 0 Å². The van der Waals surface area contributed by atoms with Crippen molar-refractivity contribution in [3.05, 3.63) is 0 Å². The van der Waals surface area contributed by atoms with Gasteiger partial charge in [-0.3, -0.25) is 0 Å². The lowest BCUT2D eigenvalue weighted by atomic mass is 10.1. The van der Waals surface area contributed by atoms with E-state index in [-0.39, 0.29) is 19.0 Å². The molecule has 1 rings (SSSR count). The highest BCUT2D eigenvalue weighted by atomic mass is 16.4. The summed E-state index contributed by atoms with van der Waals surface area (Å²) in [5, 5.41) is 29.3. The molecule has 1 fully saturated rings. The highest BCUT2D eigenvalue weighted by Gasteiger charge is 2.22. The number of carboxylic acids is 1. The number of amides is 2. The van der Waals surface area contributed by atoms with Crippen molar-refractivity contribution in [1.82, 2.24) is 10.2 Å². The van der Waals surface area contributed by atoms with Crippen molar-refractivity contribution in [2.75, 3.05) is 19.6 Å². The number of carbonyl (C=O) groups is 2. The molecule has 1 unspecified atom stereocenters. The van der Waals surface area contributed by atoms with Gasteiger partial charge in [-0.05, 0) is 12.8 Å². The number of carbonyl (C=O) groups excluding carboxylic acids is 1. The number of likely N-dealkylation sites (tertiary alicyclic amines) is 1. The van der Waals surface area contributed by atoms with Gasteiger partial charge >= 0.3 is 12.0 Å². The zero-order valence-corrected chi connectivity index (χ0v) is 9.50. The van der Waals surface area contributed by atoms with Crippen LogP contribution in [0.25, 0.3) is 0 Å². The van der Waals surface area contributed by atoms with E-state index in [0.29, 0.717) is 19.5 Å². The number of carboxylic acid groups (broad SMARTS) is 1. The Labute approximate surface area is 99.0 Å². The van der Waals surface area contributed by atoms with Crippen molar-refractivity contribution in [2.24, 2.45) is 0 Å². The van der Waals surface area contributed by atoms with Gasteiger partial charge in [-0.2, -0.15) is 0 Å². The van der Waals surface area contributed by atoms with E-state index in [2.05, 4.69) is 5.32 Å². The summed E-state index contributed by atoms with van der Waals surface area (Å²) in [4.78, 5) is 23.4. The van der Waals surface area contributed by atoms with Crippen molar-refractivity contribution in [3.63, 3.8) is 0 Å². The number of β-amino-alcohol motifs (C(OH)–C–C–N with tert-alkyl or cyclic N) is 1. The number of aliphatic carboxylic acids is 1. The quantitative estimate of drug-likeness (QED) is 0.508. The van der Waals surface area contributed by atoms with Gasteiger partial charge in [-0.25, -0.2) is 9.59 Å². The molecule has 4 N–H and O–H groups in total. The molecule has 98 valence electrons. The van der Waals surface area contributed by atoms with E-state index in [9.17, 15) is 14.7 Å². The zero-order valence-electron chi connectivity index (χ0n) is 9.50. The first-order chi connectivity index (χ1) is 8.00. The molecule has 1 aliphatic rings. The number of nitrogens with one attached hydrogen (secondary N) is 1. The third kappa shape index (κ3) is 4.58. The number of urea groups is 1. The molecule has 2 amide bonds. The second-order valence-electron chi connectivity index (χ2n) is 4.12. The molecule has 0 spiro atoms. The Morgan fingerprint density at radius 2 is 2.18 bits per heavy atom. The van der Waals surface area contributed by atoms with Crippen molar-refractivity contribution < 1.29 is 24.9 Å². The summed E-state index contributed by atoms with van der Waals surface area (Å²) in [7, 11) is 0. The van der Waals surface area contributed by atoms with E-state index >= 15 is 0 Å². The van der Waals surface area contributed by atoms with Crippen LogP contribution in [0.3, 0.4) is 0 Å². The average molecular weight is 246 g/mol. The summed E-state index contributed by atoms with van der Waals surface area (Å²) in [5.41, 5.74) is 0. The third-order valence-electron chi connectivity index (χ3n) is 2.66. The lowest BCUT2D eigenvalue weighted by Gasteiger charge is -2.30. The molecule has 2 atom stereocenters. The van der Waals surface area contributed by atoms with Crippen LogP contribution >= 0.6 is 0 Å². The van der Waals surface area contributed by atoms with Crippen LogP contribution in [0.15, 0.2) is 0 Å². The minimum absolute atomic E-state index is 0.0303. The summed E-state index contributed by atoms with van der Waals surface area (Å²) in [6.45, 7) is 0.983. The number of rotatable bonds is 4. The van der Waals surface area contributed by atoms with Gasteiger partial charge in [0.1, 0.15) is 0 Å². The summed E-state index contributed by atoms with van der Waals surface area (Å²) < 4.78 is 0. The first kappa shape index (κ1) is 13.7. The van der Waals surface area contributed by atoms with Crippen LogP contribution in [0.2, 0.25) is 0 Å². The van der Waals surface area contributed by atoms with E-state index in [1.54, 1.807) is 0 Å². The fourth-order valence-electron chi connectivity index (χ4n) is 1.69. The number of nitrogens with zero attached hydrogens (tertiary/aromatic N) is 1. The zero-order chi connectivity index (χ0) is 12.8. The van der Waals surface area contributed by atoms with Gasteiger partial charge in [-0.1, -0.05) is 0 Å². The number of hydrogen-bond acceptors (Lipinski definition) is 4. The normalized spacial score (nSPS) is 22.0. The summed E-state index contributed by atoms with van der Waals surface area (Å²) in [5.74, 6) is -1.30. The second kappa shape index (κ2) is 6.41. The minimum atomic E-state index is -1.46. The minimum Gasteiger partial charge on any atom is -0.479 e. The highest BCUT2D eigenvalue weighted by molar-refractivity contribution is 5.74. The van der Waals surface area contributed by atoms with Crippen LogP contribution in [0.1, 0.15) is 19.3 Å². The van der Waals surface area contributed by atoms with Gasteiger partial charge in [0, 0.05) is 26.1 Å². The fraction of sp³-hybridized carbons (Fsp3) is 0.800. The lowest BCUT2D eigenvalue weighted by Crippen LogP contribution is -2.47. The second-order valence-corrected chi connectivity index (χ2v) is 4.12. The summed E-state index contributed by atoms with van der Waals surface area (Å²) in [6.07, 6.45) is -0.521. The van der Waals surface area contributed by atoms with Crippen LogP contribution < -0.4 is 5.32 Å². The fourth-order valence-corrected chi connectivity index (χ4v) is 1.69. The monoisotopic (exact) mass is 246 g/mol. The van der Waals surface area contributed by atoms with Crippen molar-refractivity contribution in [3.8, 4) is 0 Å². The number of hydrogen-bond donors (Lipinski definition) is 4. The largest absolute Gasteiger partial charge is 0.479 e. The lowest BCUT2D eigenvalue weighted by molar-refractivity contribution is -0.146. The maximum Gasteiger partial charge on any atom is 0.332 e. The van der Waals surface area contributed by atoms with Crippen LogP contribution in [-0.4, -0.2) is 64.1 Å². The molecule has 0 saturated carbocycles. The topological polar surface area (TPSA) is 110 Å². The van der Waals surface area contributed by atoms with E-state index < -0.39 is 18.2 Å². The molecule has 17 heavy (non-hydrogen) atoms. The first-order valence-electron chi connectivity index (χ1n) is 5.62. The van der Waals surface area contributed by atoms with Gasteiger partial charge in [0.05, 0.1) is 6.10 Å². The first-order valence-corrected chi connectivity index (χ1v) is 5.62. The van der Waals surface area contributed by atoms with Crippen LogP contribution in [-0.2, 0) is 4.79 Å². The maximum absolute atomic E-state index is 11.6. The summed E-state index contributed by atoms with van der Waals surface area (Å²) >= 11 is 0. The Balaban J connectivity index is 2.22. The predicted octanol–water partition coefficient (Wildman–Crippen LogP) is -1.01. The number of aliphatic hydroxyl groups is 2. The van der Waals surface area contributed by atoms with E-state index in [1.807, 2.05) is 0 Å². The molecular weight excluding hydrogens is 228 g/mol. The smallest absolute Gasteiger partial charge is 0.332 e. The molecule has 1 heterocycles. The molecule has 0 aromatic heterocycles. The maximum atomic E-state index is 11.6. The highest BCUT2D eigenvalue weighted by Crippen LogP contribution is 2.09. The van der Waals surface area contributed by atoms with Gasteiger partial charge in [0.15, 0.2) is 6.10 Å². The van der Waals surface area contributed by atoms with Crippen molar-refractivity contribution in [2.45, 2.75) is 31.5 Å². The summed E-state index contributed by atoms with van der Waals surface area (Å²) in [6, 6.07) is -0.332. The average Bonchev–Trinajstić information content (AvgIpc) is 2.28. The molecule has 0 aromatic carbocycles. The van der Waals surface area contributed by atoms with Crippen molar-refractivity contribution >= 4 is 12.0 Å². The van der Waals surface area contributed by atoms with E-state index in [0.717, 1.165) is 6.42 Å². The Hall–Kier alpha value is -1.34. The van der Waals surface area contributed by atoms with Gasteiger partial charge in [0.2, 0.25) is 0 Å². The Kier molecular flexibility index (Phi) is 5.17. The number of aliphatic hydroxyl groups excluding tert-OH is 2. The predicted molar refractivity (Wildman–Crippen MR) is 58.5 cm³/mol. The molecule has 0 aromatic rings.